The predicted molar refractivity (Wildman–Crippen MR) is 77.8 cm³/mol. The fourth-order valence-electron chi connectivity index (χ4n) is 3.00. The first kappa shape index (κ1) is 13.7. The Bertz CT molecular complexity index is 204. The molecule has 2 rings (SSSR count). The number of nitrogens with zero attached hydrogens (tertiary/aromatic N) is 1. The summed E-state index contributed by atoms with van der Waals surface area (Å²) in [4.78, 5) is 2.70. The minimum atomic E-state index is 0.933. The van der Waals surface area contributed by atoms with Crippen LogP contribution in [0.2, 0.25) is 0 Å². The highest BCUT2D eigenvalue weighted by Gasteiger charge is 2.19. The number of rotatable bonds is 5. The molecule has 0 bridgehead atoms. The lowest BCUT2D eigenvalue weighted by Crippen LogP contribution is -2.37. The zero-order chi connectivity index (χ0) is 11.9. The van der Waals surface area contributed by atoms with Gasteiger partial charge in [-0.1, -0.05) is 13.3 Å². The van der Waals surface area contributed by atoms with E-state index in [1.54, 1.807) is 0 Å². The van der Waals surface area contributed by atoms with Gasteiger partial charge in [-0.3, -0.25) is 0 Å². The van der Waals surface area contributed by atoms with E-state index in [1.165, 1.54) is 70.6 Å². The molecule has 0 amide bonds. The second-order valence-electron chi connectivity index (χ2n) is 5.54. The van der Waals surface area contributed by atoms with E-state index < -0.39 is 0 Å². The Labute approximate surface area is 111 Å². The van der Waals surface area contributed by atoms with Crippen molar-refractivity contribution in [3.8, 4) is 0 Å². The third kappa shape index (κ3) is 4.80. The van der Waals surface area contributed by atoms with Gasteiger partial charge in [-0.15, -0.1) is 0 Å². The summed E-state index contributed by atoms with van der Waals surface area (Å²) in [5, 5.41) is 4.38. The fourth-order valence-corrected chi connectivity index (χ4v) is 4.26. The van der Waals surface area contributed by atoms with Crippen molar-refractivity contribution in [3.63, 3.8) is 0 Å². The third-order valence-electron chi connectivity index (χ3n) is 4.23. The van der Waals surface area contributed by atoms with Crippen LogP contribution < -0.4 is 5.32 Å². The fraction of sp³-hybridized carbons (Fsp3) is 1.00. The van der Waals surface area contributed by atoms with Gasteiger partial charge < -0.3 is 10.2 Å². The second-order valence-corrected chi connectivity index (χ2v) is 6.95. The van der Waals surface area contributed by atoms with Crippen molar-refractivity contribution in [2.75, 3.05) is 38.5 Å². The monoisotopic (exact) mass is 256 g/mol. The molecule has 0 saturated carbocycles. The summed E-state index contributed by atoms with van der Waals surface area (Å²) in [5.41, 5.74) is 0. The Morgan fingerprint density at radius 2 is 2.06 bits per heavy atom. The number of hydrogen-bond acceptors (Lipinski definition) is 3. The number of piperidine rings is 2. The van der Waals surface area contributed by atoms with E-state index in [4.69, 9.17) is 0 Å². The molecule has 2 aliphatic rings. The Morgan fingerprint density at radius 3 is 2.82 bits per heavy atom. The van der Waals surface area contributed by atoms with Crippen molar-refractivity contribution >= 4 is 11.8 Å². The Kier molecular flexibility index (Phi) is 6.16. The zero-order valence-corrected chi connectivity index (χ0v) is 12.1. The Balaban J connectivity index is 1.57. The molecule has 2 fully saturated rings. The number of thioether (sulfide) groups is 1. The highest BCUT2D eigenvalue weighted by Crippen LogP contribution is 2.22. The lowest BCUT2D eigenvalue weighted by atomic mass is 9.96. The van der Waals surface area contributed by atoms with Crippen LogP contribution in [-0.2, 0) is 0 Å². The van der Waals surface area contributed by atoms with Crippen LogP contribution in [0.4, 0.5) is 0 Å². The van der Waals surface area contributed by atoms with Crippen molar-refractivity contribution in [2.24, 2.45) is 5.92 Å². The normalized spacial score (nSPS) is 28.4. The molecule has 0 aliphatic carbocycles. The van der Waals surface area contributed by atoms with Crippen LogP contribution in [0, 0.1) is 5.92 Å². The number of nitrogens with one attached hydrogen (secondary N) is 1. The molecule has 0 radical (unpaired) electrons. The SMILES string of the molecule is CCC1CCCN(CCSC2CCNCC2)C1. The first-order chi connectivity index (χ1) is 8.38. The second kappa shape index (κ2) is 7.65. The lowest BCUT2D eigenvalue weighted by Gasteiger charge is -2.32. The van der Waals surface area contributed by atoms with Gasteiger partial charge in [0, 0.05) is 24.1 Å². The molecule has 2 aliphatic heterocycles. The van der Waals surface area contributed by atoms with Gasteiger partial charge in [0.1, 0.15) is 0 Å². The zero-order valence-electron chi connectivity index (χ0n) is 11.3. The lowest BCUT2D eigenvalue weighted by molar-refractivity contribution is 0.181. The summed E-state index contributed by atoms with van der Waals surface area (Å²) in [6.07, 6.45) is 7.02. The molecule has 3 heteroatoms. The van der Waals surface area contributed by atoms with Gasteiger partial charge >= 0.3 is 0 Å². The predicted octanol–water partition coefficient (Wildman–Crippen LogP) is 2.59. The molecule has 1 N–H and O–H groups in total. The molecule has 0 aromatic heterocycles. The van der Waals surface area contributed by atoms with Gasteiger partial charge in [0.2, 0.25) is 0 Å². The molecular formula is C14H28N2S. The van der Waals surface area contributed by atoms with Crippen molar-refractivity contribution in [2.45, 2.75) is 44.3 Å². The molecule has 1 unspecified atom stereocenters. The van der Waals surface area contributed by atoms with Gasteiger partial charge in [-0.25, -0.2) is 0 Å². The quantitative estimate of drug-likeness (QED) is 0.814. The van der Waals surface area contributed by atoms with Gasteiger partial charge in [-0.05, 0) is 51.2 Å². The van der Waals surface area contributed by atoms with Gasteiger partial charge in [0.25, 0.3) is 0 Å². The minimum Gasteiger partial charge on any atom is -0.317 e. The molecular weight excluding hydrogens is 228 g/mol. The van der Waals surface area contributed by atoms with Crippen molar-refractivity contribution < 1.29 is 0 Å². The van der Waals surface area contributed by atoms with Crippen molar-refractivity contribution in [3.05, 3.63) is 0 Å². The summed E-state index contributed by atoms with van der Waals surface area (Å²) in [7, 11) is 0. The highest BCUT2D eigenvalue weighted by atomic mass is 32.2. The van der Waals surface area contributed by atoms with E-state index >= 15 is 0 Å². The molecule has 100 valence electrons. The van der Waals surface area contributed by atoms with E-state index in [-0.39, 0.29) is 0 Å². The number of hydrogen-bond donors (Lipinski definition) is 1. The van der Waals surface area contributed by atoms with Crippen LogP contribution in [0.15, 0.2) is 0 Å². The summed E-state index contributed by atoms with van der Waals surface area (Å²) in [6.45, 7) is 8.86. The number of likely N-dealkylation sites (tertiary alicyclic amines) is 1. The van der Waals surface area contributed by atoms with Gasteiger partial charge in [0.05, 0.1) is 0 Å². The standard InChI is InChI=1S/C14H28N2S/c1-2-13-4-3-9-16(12-13)10-11-17-14-5-7-15-8-6-14/h13-15H,2-12H2,1H3. The summed E-state index contributed by atoms with van der Waals surface area (Å²) < 4.78 is 0. The average Bonchev–Trinajstić information content (AvgIpc) is 2.40. The maximum Gasteiger partial charge on any atom is 0.00726 e. The van der Waals surface area contributed by atoms with Gasteiger partial charge in [-0.2, -0.15) is 11.8 Å². The molecule has 0 aromatic carbocycles. The van der Waals surface area contributed by atoms with E-state index in [0.29, 0.717) is 0 Å². The smallest absolute Gasteiger partial charge is 0.00726 e. The minimum absolute atomic E-state index is 0.933. The third-order valence-corrected chi connectivity index (χ3v) is 5.59. The van der Waals surface area contributed by atoms with Crippen molar-refractivity contribution in [1.82, 2.24) is 10.2 Å². The molecule has 1 atom stereocenters. The molecule has 0 spiro atoms. The molecule has 2 nitrogen and oxygen atoms in total. The summed E-state index contributed by atoms with van der Waals surface area (Å²) in [5.74, 6) is 2.33. The van der Waals surface area contributed by atoms with Crippen LogP contribution >= 0.6 is 11.8 Å². The topological polar surface area (TPSA) is 15.3 Å². The van der Waals surface area contributed by atoms with Crippen LogP contribution in [0.1, 0.15) is 39.0 Å². The van der Waals surface area contributed by atoms with E-state index in [1.807, 2.05) is 0 Å². The average molecular weight is 256 g/mol. The van der Waals surface area contributed by atoms with E-state index in [2.05, 4.69) is 28.9 Å². The largest absolute Gasteiger partial charge is 0.317 e. The molecule has 0 aromatic rings. The van der Waals surface area contributed by atoms with Crippen LogP contribution in [0.25, 0.3) is 0 Å². The molecule has 2 heterocycles. The van der Waals surface area contributed by atoms with Crippen LogP contribution in [0.5, 0.6) is 0 Å². The highest BCUT2D eigenvalue weighted by molar-refractivity contribution is 7.99. The first-order valence-electron chi connectivity index (χ1n) is 7.43. The van der Waals surface area contributed by atoms with Crippen LogP contribution in [0.3, 0.4) is 0 Å². The van der Waals surface area contributed by atoms with Crippen molar-refractivity contribution in [1.29, 1.82) is 0 Å². The van der Waals surface area contributed by atoms with Gasteiger partial charge in [0.15, 0.2) is 0 Å². The maximum absolute atomic E-state index is 3.44. The molecule has 2 saturated heterocycles. The van der Waals surface area contributed by atoms with E-state index in [0.717, 1.165) is 11.2 Å². The van der Waals surface area contributed by atoms with E-state index in [9.17, 15) is 0 Å². The van der Waals surface area contributed by atoms with Crippen LogP contribution in [-0.4, -0.2) is 48.6 Å². The maximum atomic E-state index is 3.44. The Morgan fingerprint density at radius 1 is 1.24 bits per heavy atom. The summed E-state index contributed by atoms with van der Waals surface area (Å²) in [6, 6.07) is 0. The molecule has 17 heavy (non-hydrogen) atoms. The Hall–Kier alpha value is 0.270. The summed E-state index contributed by atoms with van der Waals surface area (Å²) >= 11 is 2.22. The first-order valence-corrected chi connectivity index (χ1v) is 8.48.